The first kappa shape index (κ1) is 16.8. The molecule has 2 rings (SSSR count). The first-order valence-electron chi connectivity index (χ1n) is 7.29. The molecule has 1 fully saturated rings. The Morgan fingerprint density at radius 1 is 1.55 bits per heavy atom. The molecule has 8 heteroatoms. The fraction of sp³-hybridized carbons (Fsp3) is 0.643. The number of nitrogens with zero attached hydrogens (tertiary/aromatic N) is 1. The quantitative estimate of drug-likeness (QED) is 0.754. The first-order valence-corrected chi connectivity index (χ1v) is 9.11. The molecule has 124 valence electrons. The lowest BCUT2D eigenvalue weighted by Crippen LogP contribution is -2.44. The highest BCUT2D eigenvalue weighted by Gasteiger charge is 2.32. The number of carbonyl (C=O) groups excluding carboxylic acids is 1. The van der Waals surface area contributed by atoms with Crippen LogP contribution in [0.3, 0.4) is 0 Å². The van der Waals surface area contributed by atoms with E-state index in [4.69, 9.17) is 9.15 Å². The Labute approximate surface area is 130 Å². The summed E-state index contributed by atoms with van der Waals surface area (Å²) >= 11 is 0. The molecule has 22 heavy (non-hydrogen) atoms. The summed E-state index contributed by atoms with van der Waals surface area (Å²) < 4.78 is 33.4. The summed E-state index contributed by atoms with van der Waals surface area (Å²) in [6, 6.07) is 3.18. The van der Waals surface area contributed by atoms with Gasteiger partial charge >= 0.3 is 6.03 Å². The van der Waals surface area contributed by atoms with Gasteiger partial charge in [0.05, 0.1) is 17.8 Å². The first-order chi connectivity index (χ1) is 10.5. The smallest absolute Gasteiger partial charge is 0.317 e. The minimum absolute atomic E-state index is 0.0587. The summed E-state index contributed by atoms with van der Waals surface area (Å²) in [5, 5.41) is 2.77. The van der Waals surface area contributed by atoms with Crippen molar-refractivity contribution < 1.29 is 22.4 Å². The van der Waals surface area contributed by atoms with Crippen LogP contribution in [-0.4, -0.2) is 57.1 Å². The molecule has 0 unspecified atom stereocenters. The Bertz CT molecular complexity index is 570. The zero-order valence-corrected chi connectivity index (χ0v) is 13.5. The summed E-state index contributed by atoms with van der Waals surface area (Å²) in [6.45, 7) is 1.42. The predicted molar refractivity (Wildman–Crippen MR) is 81.2 cm³/mol. The molecule has 0 aromatic carbocycles. The molecule has 0 spiro atoms. The van der Waals surface area contributed by atoms with Gasteiger partial charge in [0, 0.05) is 26.2 Å². The molecule has 1 aromatic rings. The summed E-state index contributed by atoms with van der Waals surface area (Å²) in [4.78, 5) is 13.4. The molecule has 1 N–H and O–H groups in total. The van der Waals surface area contributed by atoms with Crippen LogP contribution in [-0.2, 0) is 21.2 Å². The summed E-state index contributed by atoms with van der Waals surface area (Å²) in [7, 11) is -1.35. The van der Waals surface area contributed by atoms with Crippen LogP contribution in [0.5, 0.6) is 0 Å². The average Bonchev–Trinajstić information content (AvgIpc) is 3.10. The lowest BCUT2D eigenvalue weighted by atomic mass is 10.2. The van der Waals surface area contributed by atoms with E-state index in [9.17, 15) is 13.2 Å². The Balaban J connectivity index is 1.57. The number of hydrogen-bond donors (Lipinski definition) is 1. The monoisotopic (exact) mass is 330 g/mol. The largest absolute Gasteiger partial charge is 0.467 e. The van der Waals surface area contributed by atoms with E-state index in [1.807, 2.05) is 6.07 Å². The highest BCUT2D eigenvalue weighted by molar-refractivity contribution is 7.91. The van der Waals surface area contributed by atoms with Crippen molar-refractivity contribution in [1.82, 2.24) is 10.2 Å². The van der Waals surface area contributed by atoms with E-state index in [0.29, 0.717) is 32.6 Å². The molecule has 7 nitrogen and oxygen atoms in total. The van der Waals surface area contributed by atoms with Crippen LogP contribution in [0, 0.1) is 0 Å². The number of rotatable bonds is 7. The van der Waals surface area contributed by atoms with Crippen molar-refractivity contribution in [2.24, 2.45) is 0 Å². The molecule has 0 saturated carbocycles. The molecule has 2 heterocycles. The second-order valence-corrected chi connectivity index (χ2v) is 7.61. The van der Waals surface area contributed by atoms with Gasteiger partial charge in [0.25, 0.3) is 0 Å². The third-order valence-corrected chi connectivity index (χ3v) is 5.39. The van der Waals surface area contributed by atoms with Crippen molar-refractivity contribution in [2.75, 3.05) is 31.7 Å². The van der Waals surface area contributed by atoms with Crippen molar-refractivity contribution in [1.29, 1.82) is 0 Å². The second-order valence-electron chi connectivity index (χ2n) is 5.39. The van der Waals surface area contributed by atoms with Crippen LogP contribution in [0.25, 0.3) is 0 Å². The van der Waals surface area contributed by atoms with Gasteiger partial charge in [-0.1, -0.05) is 0 Å². The minimum atomic E-state index is -2.98. The van der Waals surface area contributed by atoms with Gasteiger partial charge in [-0.25, -0.2) is 13.2 Å². The average molecular weight is 330 g/mol. The number of furan rings is 1. The number of carbonyl (C=O) groups is 1. The van der Waals surface area contributed by atoms with E-state index >= 15 is 0 Å². The van der Waals surface area contributed by atoms with E-state index in [1.165, 1.54) is 4.90 Å². The van der Waals surface area contributed by atoms with Gasteiger partial charge in [0.1, 0.15) is 12.4 Å². The van der Waals surface area contributed by atoms with Crippen molar-refractivity contribution in [2.45, 2.75) is 25.5 Å². The van der Waals surface area contributed by atoms with Gasteiger partial charge in [0.2, 0.25) is 0 Å². The Morgan fingerprint density at radius 3 is 3.00 bits per heavy atom. The second kappa shape index (κ2) is 7.64. The zero-order chi connectivity index (χ0) is 16.0. The van der Waals surface area contributed by atoms with Gasteiger partial charge < -0.3 is 19.4 Å². The van der Waals surface area contributed by atoms with Gasteiger partial charge in [-0.15, -0.1) is 0 Å². The van der Waals surface area contributed by atoms with Crippen LogP contribution < -0.4 is 5.32 Å². The van der Waals surface area contributed by atoms with E-state index in [1.54, 1.807) is 19.4 Å². The molecule has 1 saturated heterocycles. The summed E-state index contributed by atoms with van der Waals surface area (Å²) in [5.74, 6) is 0.991. The molecule has 1 atom stereocenters. The van der Waals surface area contributed by atoms with Crippen LogP contribution in [0.2, 0.25) is 0 Å². The third-order valence-electron chi connectivity index (χ3n) is 3.64. The van der Waals surface area contributed by atoms with E-state index in [0.717, 1.165) is 5.76 Å². The fourth-order valence-corrected chi connectivity index (χ4v) is 4.08. The van der Waals surface area contributed by atoms with Crippen molar-refractivity contribution in [3.05, 3.63) is 24.2 Å². The number of urea groups is 1. The van der Waals surface area contributed by atoms with Crippen LogP contribution in [0.15, 0.2) is 22.8 Å². The lowest BCUT2D eigenvalue weighted by Gasteiger charge is -2.23. The molecule has 2 amide bonds. The number of amides is 2. The summed E-state index contributed by atoms with van der Waals surface area (Å²) in [6.07, 6.45) is 2.79. The molecule has 0 aliphatic carbocycles. The Morgan fingerprint density at radius 2 is 2.36 bits per heavy atom. The van der Waals surface area contributed by atoms with Crippen LogP contribution >= 0.6 is 0 Å². The normalized spacial score (nSPS) is 20.0. The number of ether oxygens (including phenoxy) is 1. The maximum absolute atomic E-state index is 11.9. The predicted octanol–water partition coefficient (Wildman–Crippen LogP) is 1.01. The third kappa shape index (κ3) is 5.03. The van der Waals surface area contributed by atoms with E-state index in [-0.39, 0.29) is 23.6 Å². The SMILES string of the molecule is CN(C(=O)NCCCOCc1ccco1)[C@@H]1CCS(=O)(=O)C1. The molecular formula is C14H22N2O5S. The van der Waals surface area contributed by atoms with Gasteiger partial charge in [0.15, 0.2) is 9.84 Å². The highest BCUT2D eigenvalue weighted by atomic mass is 32.2. The molecule has 1 aliphatic heterocycles. The van der Waals surface area contributed by atoms with Gasteiger partial charge in [-0.2, -0.15) is 0 Å². The van der Waals surface area contributed by atoms with Gasteiger partial charge in [-0.05, 0) is 25.0 Å². The fourth-order valence-electron chi connectivity index (χ4n) is 2.31. The van der Waals surface area contributed by atoms with Crippen LogP contribution in [0.1, 0.15) is 18.6 Å². The van der Waals surface area contributed by atoms with E-state index < -0.39 is 9.84 Å². The van der Waals surface area contributed by atoms with Gasteiger partial charge in [-0.3, -0.25) is 0 Å². The molecule has 0 radical (unpaired) electrons. The molecule has 1 aliphatic rings. The molecule has 0 bridgehead atoms. The number of hydrogen-bond acceptors (Lipinski definition) is 5. The van der Waals surface area contributed by atoms with Crippen molar-refractivity contribution >= 4 is 15.9 Å². The van der Waals surface area contributed by atoms with E-state index in [2.05, 4.69) is 5.32 Å². The number of sulfone groups is 1. The minimum Gasteiger partial charge on any atom is -0.467 e. The summed E-state index contributed by atoms with van der Waals surface area (Å²) in [5.41, 5.74) is 0. The zero-order valence-electron chi connectivity index (χ0n) is 12.7. The standard InChI is InChI=1S/C14H22N2O5S/c1-16(12-5-9-22(18,19)11-12)14(17)15-6-3-7-20-10-13-4-2-8-21-13/h2,4,8,12H,3,5-7,9-11H2,1H3,(H,15,17)/t12-/m1/s1. The molecule has 1 aromatic heterocycles. The molecular weight excluding hydrogens is 308 g/mol. The highest BCUT2D eigenvalue weighted by Crippen LogP contribution is 2.16. The van der Waals surface area contributed by atoms with Crippen molar-refractivity contribution in [3.63, 3.8) is 0 Å². The number of nitrogens with one attached hydrogen (secondary N) is 1. The topological polar surface area (TPSA) is 88.8 Å². The van der Waals surface area contributed by atoms with Crippen LogP contribution in [0.4, 0.5) is 4.79 Å². The lowest BCUT2D eigenvalue weighted by molar-refractivity contribution is 0.104. The maximum Gasteiger partial charge on any atom is 0.317 e. The Kier molecular flexibility index (Phi) is 5.84. The maximum atomic E-state index is 11.9. The Hall–Kier alpha value is -1.54. The van der Waals surface area contributed by atoms with Crippen molar-refractivity contribution in [3.8, 4) is 0 Å².